The number of rotatable bonds is 6. The van der Waals surface area contributed by atoms with Gasteiger partial charge in [-0.2, -0.15) is 0 Å². The number of carbonyl (C=O) groups is 2. The number of nitrogens with zero attached hydrogens (tertiary/aromatic N) is 6. The van der Waals surface area contributed by atoms with Crippen LogP contribution in [0.4, 0.5) is 10.1 Å². The molecular weight excluding hydrogens is 595 g/mol. The Bertz CT molecular complexity index is 1590. The molecule has 0 N–H and O–H groups in total. The van der Waals surface area contributed by atoms with Crippen LogP contribution in [-0.2, 0) is 11.2 Å². The minimum absolute atomic E-state index is 0.00192. The van der Waals surface area contributed by atoms with Crippen LogP contribution >= 0.6 is 27.3 Å². The minimum atomic E-state index is -0.397. The zero-order valence-corrected chi connectivity index (χ0v) is 24.6. The van der Waals surface area contributed by atoms with E-state index in [1.165, 1.54) is 17.4 Å². The van der Waals surface area contributed by atoms with Gasteiger partial charge in [0.1, 0.15) is 21.7 Å². The molecule has 2 aromatic heterocycles. The topological polar surface area (TPSA) is 84.2 Å². The van der Waals surface area contributed by atoms with Gasteiger partial charge >= 0.3 is 0 Å². The number of aromatic nitrogens is 4. The van der Waals surface area contributed by atoms with Crippen LogP contribution in [0.1, 0.15) is 51.9 Å². The summed E-state index contributed by atoms with van der Waals surface area (Å²) in [4.78, 5) is 35.5. The van der Waals surface area contributed by atoms with Gasteiger partial charge in [-0.15, -0.1) is 16.4 Å². The Morgan fingerprint density at radius 3 is 2.70 bits per heavy atom. The van der Waals surface area contributed by atoms with Crippen molar-refractivity contribution in [3.63, 3.8) is 0 Å². The van der Waals surface area contributed by atoms with Crippen LogP contribution < -0.4 is 4.90 Å². The molecule has 11 heteroatoms. The standard InChI is InChI=1S/C29H28BrFN6O2S/c1-17-5-10-23(24(31)14-17)27-32-18(2)26(40-27)29(39)35-12-3-4-22(35)15-20-16-37(34-33-20)25-11-13-36(28(25)38)21-8-6-19(30)7-9-21/h5-10,14,16,22,25H,3-4,11-13,15H2,1-2H3. The molecule has 0 radical (unpaired) electrons. The molecule has 2 unspecified atom stereocenters. The number of amides is 2. The average Bonchev–Trinajstić information content (AvgIpc) is 3.72. The zero-order valence-electron chi connectivity index (χ0n) is 22.2. The Morgan fingerprint density at radius 1 is 1.12 bits per heavy atom. The molecule has 2 aliphatic heterocycles. The molecule has 2 atom stereocenters. The molecular formula is C29H28BrFN6O2S. The summed E-state index contributed by atoms with van der Waals surface area (Å²) in [6.45, 7) is 4.90. The van der Waals surface area contributed by atoms with Gasteiger partial charge in [-0.25, -0.2) is 14.1 Å². The number of halogens is 2. The van der Waals surface area contributed by atoms with Gasteiger partial charge in [0, 0.05) is 47.5 Å². The lowest BCUT2D eigenvalue weighted by molar-refractivity contribution is -0.120. The number of anilines is 1. The predicted octanol–water partition coefficient (Wildman–Crippen LogP) is 5.75. The summed E-state index contributed by atoms with van der Waals surface area (Å²) < 4.78 is 17.2. The first-order chi connectivity index (χ1) is 19.3. The van der Waals surface area contributed by atoms with E-state index in [0.29, 0.717) is 47.1 Å². The number of likely N-dealkylation sites (tertiary alicyclic amines) is 1. The van der Waals surface area contributed by atoms with Crippen LogP contribution in [0.2, 0.25) is 0 Å². The second kappa shape index (κ2) is 10.9. The van der Waals surface area contributed by atoms with Gasteiger partial charge in [0.15, 0.2) is 0 Å². The van der Waals surface area contributed by atoms with Crippen molar-refractivity contribution in [3.8, 4) is 10.6 Å². The van der Waals surface area contributed by atoms with Crippen molar-refractivity contribution in [2.45, 2.75) is 51.6 Å². The van der Waals surface area contributed by atoms with Crippen molar-refractivity contribution in [1.82, 2.24) is 24.9 Å². The smallest absolute Gasteiger partial charge is 0.266 e. The lowest BCUT2D eigenvalue weighted by atomic mass is 10.1. The van der Waals surface area contributed by atoms with Gasteiger partial charge in [-0.05, 0) is 75.1 Å². The lowest BCUT2D eigenvalue weighted by Gasteiger charge is -2.23. The first-order valence-electron chi connectivity index (χ1n) is 13.3. The number of hydrogen-bond donors (Lipinski definition) is 0. The molecule has 2 aliphatic rings. The van der Waals surface area contributed by atoms with Crippen LogP contribution in [0.15, 0.2) is 53.1 Å². The molecule has 2 aromatic carbocycles. The monoisotopic (exact) mass is 622 g/mol. The molecule has 4 heterocycles. The summed E-state index contributed by atoms with van der Waals surface area (Å²) in [5.41, 5.74) is 3.47. The molecule has 8 nitrogen and oxygen atoms in total. The molecule has 4 aromatic rings. The fourth-order valence-electron chi connectivity index (χ4n) is 5.54. The summed E-state index contributed by atoms with van der Waals surface area (Å²) >= 11 is 4.67. The predicted molar refractivity (Wildman–Crippen MR) is 155 cm³/mol. The average molecular weight is 624 g/mol. The maximum atomic E-state index is 14.6. The zero-order chi connectivity index (χ0) is 28.0. The summed E-state index contributed by atoms with van der Waals surface area (Å²) in [5.74, 6) is -0.423. The maximum Gasteiger partial charge on any atom is 0.266 e. The highest BCUT2D eigenvalue weighted by atomic mass is 79.9. The second-order valence-corrected chi connectivity index (χ2v) is 12.3. The van der Waals surface area contributed by atoms with Crippen LogP contribution in [0.5, 0.6) is 0 Å². The molecule has 0 spiro atoms. The Labute approximate surface area is 244 Å². The third-order valence-corrected chi connectivity index (χ3v) is 9.33. The molecule has 6 rings (SSSR count). The quantitative estimate of drug-likeness (QED) is 0.274. The van der Waals surface area contributed by atoms with Crippen LogP contribution in [0, 0.1) is 19.7 Å². The molecule has 2 amide bonds. The van der Waals surface area contributed by atoms with Gasteiger partial charge in [0.05, 0.1) is 11.4 Å². The van der Waals surface area contributed by atoms with Crippen molar-refractivity contribution < 1.29 is 14.0 Å². The first-order valence-corrected chi connectivity index (χ1v) is 14.9. The fourth-order valence-corrected chi connectivity index (χ4v) is 6.85. The highest BCUT2D eigenvalue weighted by Gasteiger charge is 2.36. The van der Waals surface area contributed by atoms with Crippen molar-refractivity contribution >= 4 is 44.8 Å². The molecule has 0 bridgehead atoms. The third kappa shape index (κ3) is 5.08. The van der Waals surface area contributed by atoms with E-state index in [9.17, 15) is 14.0 Å². The Balaban J connectivity index is 1.15. The normalized spacial score (nSPS) is 19.1. The van der Waals surface area contributed by atoms with Crippen LogP contribution in [0.25, 0.3) is 10.6 Å². The number of hydrogen-bond acceptors (Lipinski definition) is 6. The highest BCUT2D eigenvalue weighted by molar-refractivity contribution is 9.10. The van der Waals surface area contributed by atoms with Gasteiger partial charge in [-0.1, -0.05) is 27.2 Å². The molecule has 0 saturated carbocycles. The van der Waals surface area contributed by atoms with E-state index in [1.54, 1.807) is 22.6 Å². The summed E-state index contributed by atoms with van der Waals surface area (Å²) in [7, 11) is 0. The minimum Gasteiger partial charge on any atom is -0.335 e. The van der Waals surface area contributed by atoms with E-state index in [4.69, 9.17) is 0 Å². The van der Waals surface area contributed by atoms with Gasteiger partial charge < -0.3 is 9.80 Å². The Kier molecular flexibility index (Phi) is 7.26. The van der Waals surface area contributed by atoms with Gasteiger partial charge in [0.25, 0.3) is 11.8 Å². The third-order valence-electron chi connectivity index (χ3n) is 7.62. The van der Waals surface area contributed by atoms with E-state index in [-0.39, 0.29) is 23.7 Å². The highest BCUT2D eigenvalue weighted by Crippen LogP contribution is 2.33. The summed E-state index contributed by atoms with van der Waals surface area (Å²) in [5, 5.41) is 9.16. The van der Waals surface area contributed by atoms with Crippen molar-refractivity contribution in [1.29, 1.82) is 0 Å². The van der Waals surface area contributed by atoms with Crippen molar-refractivity contribution in [2.75, 3.05) is 18.0 Å². The second-order valence-electron chi connectivity index (χ2n) is 10.4. The molecule has 2 fully saturated rings. The molecule has 0 aliphatic carbocycles. The van der Waals surface area contributed by atoms with Crippen molar-refractivity contribution in [3.05, 3.63) is 80.8 Å². The van der Waals surface area contributed by atoms with Gasteiger partial charge in [0.2, 0.25) is 0 Å². The van der Waals surface area contributed by atoms with Crippen molar-refractivity contribution in [2.24, 2.45) is 0 Å². The fraction of sp³-hybridized carbons (Fsp3) is 0.345. The van der Waals surface area contributed by atoms with E-state index >= 15 is 0 Å². The number of aryl methyl sites for hydroxylation is 2. The van der Waals surface area contributed by atoms with E-state index in [1.807, 2.05) is 48.4 Å². The maximum absolute atomic E-state index is 14.6. The first kappa shape index (κ1) is 26.8. The lowest BCUT2D eigenvalue weighted by Crippen LogP contribution is -2.36. The van der Waals surface area contributed by atoms with Gasteiger partial charge in [-0.3, -0.25) is 9.59 Å². The number of carbonyl (C=O) groups excluding carboxylic acids is 2. The summed E-state index contributed by atoms with van der Waals surface area (Å²) in [6, 6.07) is 12.3. The van der Waals surface area contributed by atoms with Crippen LogP contribution in [0.3, 0.4) is 0 Å². The number of benzene rings is 2. The van der Waals surface area contributed by atoms with E-state index < -0.39 is 6.04 Å². The van der Waals surface area contributed by atoms with E-state index in [2.05, 4.69) is 31.2 Å². The van der Waals surface area contributed by atoms with E-state index in [0.717, 1.165) is 34.3 Å². The SMILES string of the molecule is Cc1ccc(-c2nc(C)c(C(=O)N3CCCC3Cc3cn(C4CCN(c5ccc(Br)cc5)C4=O)nn3)s2)c(F)c1. The summed E-state index contributed by atoms with van der Waals surface area (Å²) in [6.07, 6.45) is 4.80. The molecule has 206 valence electrons. The largest absolute Gasteiger partial charge is 0.335 e. The Morgan fingerprint density at radius 2 is 1.93 bits per heavy atom. The molecule has 40 heavy (non-hydrogen) atoms. The van der Waals surface area contributed by atoms with Crippen LogP contribution in [-0.4, -0.2) is 55.8 Å². The Hall–Kier alpha value is -3.44. The molecule has 2 saturated heterocycles. The number of thiazole rings is 1.